The van der Waals surface area contributed by atoms with E-state index >= 15 is 0 Å². The minimum Gasteiger partial charge on any atom is -0.474 e. The summed E-state index contributed by atoms with van der Waals surface area (Å²) >= 11 is 0. The number of amides is 2. The minimum absolute atomic E-state index is 0.00252. The third-order valence-corrected chi connectivity index (χ3v) is 6.53. The molecule has 10 nitrogen and oxygen atoms in total. The third-order valence-electron chi connectivity index (χ3n) is 6.53. The third kappa shape index (κ3) is 4.15. The lowest BCUT2D eigenvalue weighted by atomic mass is 9.98. The molecule has 2 amide bonds. The van der Waals surface area contributed by atoms with Gasteiger partial charge >= 0.3 is 6.09 Å². The van der Waals surface area contributed by atoms with E-state index in [1.54, 1.807) is 21.8 Å². The van der Waals surface area contributed by atoms with Crippen LogP contribution >= 0.6 is 0 Å². The maximum absolute atomic E-state index is 13.0. The number of carbonyl (C=O) groups excluding carboxylic acids is 2. The predicted octanol–water partition coefficient (Wildman–Crippen LogP) is 3.81. The average Bonchev–Trinajstić information content (AvgIpc) is 3.64. The molecule has 0 unspecified atom stereocenters. The number of pyridine rings is 1. The van der Waals surface area contributed by atoms with Gasteiger partial charge in [0.1, 0.15) is 18.4 Å². The second-order valence-electron chi connectivity index (χ2n) is 9.10. The number of carbonyl (C=O) groups is 2. The van der Waals surface area contributed by atoms with Crippen LogP contribution in [0.2, 0.25) is 0 Å². The Morgan fingerprint density at radius 1 is 1.12 bits per heavy atom. The Bertz CT molecular complexity index is 1250. The van der Waals surface area contributed by atoms with Crippen molar-refractivity contribution in [2.45, 2.75) is 51.0 Å². The molecule has 1 N–H and O–H groups in total. The van der Waals surface area contributed by atoms with Gasteiger partial charge in [-0.1, -0.05) is 6.42 Å². The van der Waals surface area contributed by atoms with Crippen LogP contribution in [-0.4, -0.2) is 50.8 Å². The number of anilines is 2. The van der Waals surface area contributed by atoms with E-state index in [1.165, 1.54) is 6.42 Å². The van der Waals surface area contributed by atoms with Crippen LogP contribution in [0.5, 0.6) is 5.88 Å². The van der Waals surface area contributed by atoms with Crippen LogP contribution in [0.15, 0.2) is 30.6 Å². The summed E-state index contributed by atoms with van der Waals surface area (Å²) in [5.41, 5.74) is 2.60. The maximum atomic E-state index is 13.0. The van der Waals surface area contributed by atoms with Crippen LogP contribution < -0.4 is 15.0 Å². The number of aromatic nitrogens is 4. The van der Waals surface area contributed by atoms with Crippen LogP contribution in [0.4, 0.5) is 16.3 Å². The molecule has 3 aromatic heterocycles. The summed E-state index contributed by atoms with van der Waals surface area (Å²) in [6, 6.07) is 5.53. The highest BCUT2D eigenvalue weighted by molar-refractivity contribution is 5.93. The van der Waals surface area contributed by atoms with Gasteiger partial charge in [-0.15, -0.1) is 0 Å². The van der Waals surface area contributed by atoms with Gasteiger partial charge in [0.15, 0.2) is 11.5 Å². The van der Waals surface area contributed by atoms with Crippen molar-refractivity contribution in [1.82, 2.24) is 19.6 Å². The fourth-order valence-electron chi connectivity index (χ4n) is 4.49. The molecule has 2 fully saturated rings. The summed E-state index contributed by atoms with van der Waals surface area (Å²) in [6.45, 7) is 0.773. The van der Waals surface area contributed by atoms with E-state index < -0.39 is 0 Å². The predicted molar refractivity (Wildman–Crippen MR) is 124 cm³/mol. The van der Waals surface area contributed by atoms with E-state index in [-0.39, 0.29) is 24.0 Å². The van der Waals surface area contributed by atoms with Gasteiger partial charge in [0.05, 0.1) is 18.4 Å². The second-order valence-corrected chi connectivity index (χ2v) is 9.10. The van der Waals surface area contributed by atoms with E-state index in [9.17, 15) is 9.59 Å². The lowest BCUT2D eigenvalue weighted by Gasteiger charge is -2.30. The van der Waals surface area contributed by atoms with Gasteiger partial charge in [0.25, 0.3) is 0 Å². The highest BCUT2D eigenvalue weighted by Gasteiger charge is 2.31. The number of hydrogen-bond acceptors (Lipinski definition) is 7. The summed E-state index contributed by atoms with van der Waals surface area (Å²) in [5.74, 6) is 0.993. The molecule has 0 bridgehead atoms. The van der Waals surface area contributed by atoms with Gasteiger partial charge in [-0.05, 0) is 56.7 Å². The quantitative estimate of drug-likeness (QED) is 0.628. The number of nitrogens with zero attached hydrogens (tertiary/aromatic N) is 5. The Morgan fingerprint density at radius 3 is 2.79 bits per heavy atom. The molecule has 1 aliphatic heterocycles. The van der Waals surface area contributed by atoms with Gasteiger partial charge in [-0.2, -0.15) is 5.10 Å². The molecule has 2 aliphatic carbocycles. The molecule has 0 radical (unpaired) electrons. The molecule has 176 valence electrons. The average molecular weight is 463 g/mol. The van der Waals surface area contributed by atoms with E-state index in [0.29, 0.717) is 41.9 Å². The highest BCUT2D eigenvalue weighted by Crippen LogP contribution is 2.34. The molecule has 10 heteroatoms. The molecule has 0 saturated heterocycles. The van der Waals surface area contributed by atoms with Crippen molar-refractivity contribution < 1.29 is 19.1 Å². The molecule has 0 aromatic carbocycles. The van der Waals surface area contributed by atoms with Crippen LogP contribution in [0.25, 0.3) is 16.9 Å². The molecule has 6 rings (SSSR count). The Kier molecular flexibility index (Phi) is 5.27. The number of nitrogens with one attached hydrogen (secondary N) is 1. The topological polar surface area (TPSA) is 111 Å². The van der Waals surface area contributed by atoms with Crippen molar-refractivity contribution >= 4 is 29.2 Å². The normalized spacial score (nSPS) is 18.3. The van der Waals surface area contributed by atoms with Crippen molar-refractivity contribution in [3.8, 4) is 17.1 Å². The Morgan fingerprint density at radius 2 is 1.97 bits per heavy atom. The van der Waals surface area contributed by atoms with Crippen LogP contribution in [0, 0.1) is 5.92 Å². The number of imidazole rings is 1. The summed E-state index contributed by atoms with van der Waals surface area (Å²) in [6.07, 6.45) is 10.1. The monoisotopic (exact) mass is 462 g/mol. The van der Waals surface area contributed by atoms with Crippen molar-refractivity contribution in [3.05, 3.63) is 30.6 Å². The zero-order valence-electron chi connectivity index (χ0n) is 18.8. The molecule has 2 saturated carbocycles. The van der Waals surface area contributed by atoms with Crippen molar-refractivity contribution in [1.29, 1.82) is 0 Å². The number of ether oxygens (including phenoxy) is 2. The first-order chi connectivity index (χ1) is 16.6. The smallest absolute Gasteiger partial charge is 0.414 e. The van der Waals surface area contributed by atoms with Crippen LogP contribution in [0.3, 0.4) is 0 Å². The van der Waals surface area contributed by atoms with Gasteiger partial charge < -0.3 is 14.8 Å². The molecule has 4 heterocycles. The summed E-state index contributed by atoms with van der Waals surface area (Å²) in [7, 11) is 0. The van der Waals surface area contributed by atoms with E-state index in [1.807, 2.05) is 18.2 Å². The zero-order valence-corrected chi connectivity index (χ0v) is 18.8. The van der Waals surface area contributed by atoms with E-state index in [0.717, 1.165) is 44.1 Å². The lowest BCUT2D eigenvalue weighted by Crippen LogP contribution is -2.40. The van der Waals surface area contributed by atoms with Gasteiger partial charge in [0.2, 0.25) is 11.8 Å². The summed E-state index contributed by atoms with van der Waals surface area (Å²) in [4.78, 5) is 35.5. The van der Waals surface area contributed by atoms with Crippen molar-refractivity contribution in [2.24, 2.45) is 5.92 Å². The van der Waals surface area contributed by atoms with E-state index in [2.05, 4.69) is 20.4 Å². The standard InChI is InChI=1S/C24H26N6O4/c31-22(15-6-7-15)27-20-14-30-21(26-20)9-8-18(28-30)16-12-19-23(25-13-16)33-11-10-29(19)24(32)34-17-4-2-1-3-5-17/h8-9,12-15,17H,1-7,10-11H2,(H,27,31). The minimum atomic E-state index is -0.357. The lowest BCUT2D eigenvalue weighted by molar-refractivity contribution is -0.117. The van der Waals surface area contributed by atoms with Crippen LogP contribution in [-0.2, 0) is 9.53 Å². The number of hydrogen-bond donors (Lipinski definition) is 1. The molecule has 34 heavy (non-hydrogen) atoms. The first-order valence-corrected chi connectivity index (χ1v) is 11.9. The van der Waals surface area contributed by atoms with E-state index in [4.69, 9.17) is 9.47 Å². The Hall–Kier alpha value is -3.69. The molecule has 0 atom stereocenters. The van der Waals surface area contributed by atoms with Crippen molar-refractivity contribution in [3.63, 3.8) is 0 Å². The summed E-state index contributed by atoms with van der Waals surface area (Å²) in [5, 5.41) is 7.48. The van der Waals surface area contributed by atoms with Gasteiger partial charge in [-0.3, -0.25) is 9.69 Å². The fraction of sp³-hybridized carbons (Fsp3) is 0.458. The maximum Gasteiger partial charge on any atom is 0.414 e. The molecule has 3 aromatic rings. The Labute approximate surface area is 196 Å². The second kappa shape index (κ2) is 8.58. The Balaban J connectivity index is 1.25. The molecule has 0 spiro atoms. The largest absolute Gasteiger partial charge is 0.474 e. The van der Waals surface area contributed by atoms with Gasteiger partial charge in [-0.25, -0.2) is 19.3 Å². The van der Waals surface area contributed by atoms with Gasteiger partial charge in [0, 0.05) is 17.7 Å². The summed E-state index contributed by atoms with van der Waals surface area (Å²) < 4.78 is 13.1. The molecular weight excluding hydrogens is 436 g/mol. The highest BCUT2D eigenvalue weighted by atomic mass is 16.6. The number of fused-ring (bicyclic) bond motifs is 2. The SMILES string of the molecule is O=C(Nc1cn2nc(-c3cnc4c(c3)N(C(=O)OC3CCCCC3)CCO4)ccc2n1)C1CC1. The first-order valence-electron chi connectivity index (χ1n) is 11.9. The fourth-order valence-corrected chi connectivity index (χ4v) is 4.49. The first kappa shape index (κ1) is 20.9. The molecule has 3 aliphatic rings. The number of rotatable bonds is 4. The zero-order chi connectivity index (χ0) is 23.1. The van der Waals surface area contributed by atoms with Crippen LogP contribution in [0.1, 0.15) is 44.9 Å². The van der Waals surface area contributed by atoms with Crippen molar-refractivity contribution in [2.75, 3.05) is 23.4 Å². The molecular formula is C24H26N6O4.